The zero-order valence-electron chi connectivity index (χ0n) is 13.4. The second kappa shape index (κ2) is 7.13. The fraction of sp³-hybridized carbons (Fsp3) is 0.278. The van der Waals surface area contributed by atoms with E-state index in [4.69, 9.17) is 10.1 Å². The highest BCUT2D eigenvalue weighted by Crippen LogP contribution is 2.22. The van der Waals surface area contributed by atoms with Gasteiger partial charge in [0.2, 0.25) is 0 Å². The summed E-state index contributed by atoms with van der Waals surface area (Å²) in [6, 6.07) is 9.17. The van der Waals surface area contributed by atoms with Crippen molar-refractivity contribution in [2.45, 2.75) is 32.7 Å². The van der Waals surface area contributed by atoms with Gasteiger partial charge in [-0.2, -0.15) is 0 Å². The van der Waals surface area contributed by atoms with E-state index in [9.17, 15) is 4.79 Å². The van der Waals surface area contributed by atoms with Crippen molar-refractivity contribution in [3.8, 4) is 0 Å². The summed E-state index contributed by atoms with van der Waals surface area (Å²) in [5.74, 6) is 0.0794. The maximum Gasteiger partial charge on any atom is 0.336 e. The third-order valence-electron chi connectivity index (χ3n) is 3.94. The molecule has 0 amide bonds. The number of benzene rings is 1. The van der Waals surface area contributed by atoms with E-state index in [-0.39, 0.29) is 5.56 Å². The van der Waals surface area contributed by atoms with E-state index in [0.29, 0.717) is 11.0 Å². The summed E-state index contributed by atoms with van der Waals surface area (Å²) in [6.07, 6.45) is 4.86. The van der Waals surface area contributed by atoms with Crippen LogP contribution in [0.3, 0.4) is 0 Å². The highest BCUT2D eigenvalue weighted by Gasteiger charge is 2.13. The van der Waals surface area contributed by atoms with E-state index in [2.05, 4.69) is 32.4 Å². The minimum absolute atomic E-state index is 0.263. The highest BCUT2D eigenvalue weighted by atomic mass is 79.9. The standard InChI is InChI=1S/C18H18BrN3O2/c1-2-3-6-16-21-15-5-4-9-20-17(15)22(16)11-12-7-8-13(18(23)24)14(19)10-12/h4-5,7-10H,2-3,6,11H2,1H3,(H,23,24). The molecule has 5 nitrogen and oxygen atoms in total. The number of aryl methyl sites for hydroxylation is 1. The fourth-order valence-electron chi connectivity index (χ4n) is 2.71. The van der Waals surface area contributed by atoms with E-state index in [0.717, 1.165) is 41.8 Å². The van der Waals surface area contributed by atoms with Crippen molar-refractivity contribution < 1.29 is 9.90 Å². The Labute approximate surface area is 148 Å². The van der Waals surface area contributed by atoms with Crippen LogP contribution < -0.4 is 0 Å². The number of fused-ring (bicyclic) bond motifs is 1. The summed E-state index contributed by atoms with van der Waals surface area (Å²) in [5, 5.41) is 9.14. The molecule has 0 aliphatic heterocycles. The van der Waals surface area contributed by atoms with Gasteiger partial charge in [0.25, 0.3) is 0 Å². The number of hydrogen-bond acceptors (Lipinski definition) is 3. The Balaban J connectivity index is 1.99. The smallest absolute Gasteiger partial charge is 0.336 e. The molecular formula is C18H18BrN3O2. The molecule has 1 N–H and O–H groups in total. The number of imidazole rings is 1. The van der Waals surface area contributed by atoms with Gasteiger partial charge in [0.15, 0.2) is 5.65 Å². The largest absolute Gasteiger partial charge is 0.478 e. The number of hydrogen-bond donors (Lipinski definition) is 1. The molecule has 0 saturated carbocycles. The molecule has 0 saturated heterocycles. The quantitative estimate of drug-likeness (QED) is 0.684. The lowest BCUT2D eigenvalue weighted by Gasteiger charge is -2.10. The molecule has 1 aromatic carbocycles. The van der Waals surface area contributed by atoms with Crippen molar-refractivity contribution in [2.24, 2.45) is 0 Å². The summed E-state index contributed by atoms with van der Waals surface area (Å²) in [6.45, 7) is 2.78. The van der Waals surface area contributed by atoms with E-state index in [1.165, 1.54) is 0 Å². The van der Waals surface area contributed by atoms with Crippen LogP contribution in [-0.2, 0) is 13.0 Å². The average Bonchev–Trinajstić information content (AvgIpc) is 2.90. The lowest BCUT2D eigenvalue weighted by atomic mass is 10.1. The van der Waals surface area contributed by atoms with E-state index in [1.807, 2.05) is 24.3 Å². The first-order valence-corrected chi connectivity index (χ1v) is 8.71. The molecule has 0 aliphatic rings. The van der Waals surface area contributed by atoms with E-state index >= 15 is 0 Å². The fourth-order valence-corrected chi connectivity index (χ4v) is 3.31. The van der Waals surface area contributed by atoms with E-state index < -0.39 is 5.97 Å². The van der Waals surface area contributed by atoms with Crippen LogP contribution in [0.2, 0.25) is 0 Å². The van der Waals surface area contributed by atoms with Gasteiger partial charge in [0.05, 0.1) is 12.1 Å². The number of carbonyl (C=O) groups is 1. The first-order valence-electron chi connectivity index (χ1n) is 7.92. The molecule has 2 heterocycles. The van der Waals surface area contributed by atoms with Gasteiger partial charge in [-0.15, -0.1) is 0 Å². The van der Waals surface area contributed by atoms with Crippen molar-refractivity contribution in [3.63, 3.8) is 0 Å². The van der Waals surface area contributed by atoms with Crippen LogP contribution in [0.15, 0.2) is 41.0 Å². The summed E-state index contributed by atoms with van der Waals surface area (Å²) < 4.78 is 2.70. The first kappa shape index (κ1) is 16.6. The summed E-state index contributed by atoms with van der Waals surface area (Å²) in [5.41, 5.74) is 3.03. The Morgan fingerprint density at radius 3 is 2.88 bits per heavy atom. The molecule has 0 atom stereocenters. The lowest BCUT2D eigenvalue weighted by Crippen LogP contribution is -2.07. The monoisotopic (exact) mass is 387 g/mol. The van der Waals surface area contributed by atoms with Crippen molar-refractivity contribution >= 4 is 33.1 Å². The Morgan fingerprint density at radius 2 is 2.17 bits per heavy atom. The summed E-state index contributed by atoms with van der Waals surface area (Å²) in [4.78, 5) is 20.3. The lowest BCUT2D eigenvalue weighted by molar-refractivity contribution is 0.0696. The van der Waals surface area contributed by atoms with Crippen LogP contribution in [-0.4, -0.2) is 25.6 Å². The Kier molecular flexibility index (Phi) is 4.94. The third kappa shape index (κ3) is 3.33. The van der Waals surface area contributed by atoms with Gasteiger partial charge in [-0.3, -0.25) is 0 Å². The van der Waals surface area contributed by atoms with Gasteiger partial charge in [0, 0.05) is 17.1 Å². The van der Waals surface area contributed by atoms with Crippen LogP contribution in [0.4, 0.5) is 0 Å². The van der Waals surface area contributed by atoms with Crippen LogP contribution >= 0.6 is 15.9 Å². The van der Waals surface area contributed by atoms with Gasteiger partial charge in [-0.25, -0.2) is 14.8 Å². The van der Waals surface area contributed by atoms with Crippen LogP contribution in [0.1, 0.15) is 41.5 Å². The molecule has 2 aromatic heterocycles. The van der Waals surface area contributed by atoms with Gasteiger partial charge in [0.1, 0.15) is 11.3 Å². The third-order valence-corrected chi connectivity index (χ3v) is 4.60. The maximum absolute atomic E-state index is 11.1. The molecule has 0 fully saturated rings. The molecule has 0 bridgehead atoms. The van der Waals surface area contributed by atoms with Crippen molar-refractivity contribution in [1.29, 1.82) is 0 Å². The number of nitrogens with zero attached hydrogens (tertiary/aromatic N) is 3. The Hall–Kier alpha value is -2.21. The zero-order valence-corrected chi connectivity index (χ0v) is 15.0. The minimum Gasteiger partial charge on any atom is -0.478 e. The van der Waals surface area contributed by atoms with Gasteiger partial charge in [-0.05, 0) is 52.2 Å². The van der Waals surface area contributed by atoms with Crippen molar-refractivity contribution in [1.82, 2.24) is 14.5 Å². The molecule has 0 radical (unpaired) electrons. The van der Waals surface area contributed by atoms with Crippen LogP contribution in [0, 0.1) is 0 Å². The van der Waals surface area contributed by atoms with Gasteiger partial charge >= 0.3 is 5.97 Å². The number of halogens is 1. The van der Waals surface area contributed by atoms with Gasteiger partial charge < -0.3 is 9.67 Å². The second-order valence-electron chi connectivity index (χ2n) is 5.68. The molecule has 0 spiro atoms. The number of carboxylic acid groups (broad SMARTS) is 1. The summed E-state index contributed by atoms with van der Waals surface area (Å²) >= 11 is 3.34. The van der Waals surface area contributed by atoms with E-state index in [1.54, 1.807) is 12.3 Å². The SMILES string of the molecule is CCCCc1nc2cccnc2n1Cc1ccc(C(=O)O)c(Br)c1. The molecule has 0 unspecified atom stereocenters. The van der Waals surface area contributed by atoms with Crippen LogP contribution in [0.5, 0.6) is 0 Å². The number of aromatic nitrogens is 3. The van der Waals surface area contributed by atoms with Crippen molar-refractivity contribution in [2.75, 3.05) is 0 Å². The second-order valence-corrected chi connectivity index (χ2v) is 6.54. The molecule has 6 heteroatoms. The van der Waals surface area contributed by atoms with Crippen LogP contribution in [0.25, 0.3) is 11.2 Å². The number of aromatic carboxylic acids is 1. The maximum atomic E-state index is 11.1. The topological polar surface area (TPSA) is 68.0 Å². The number of pyridine rings is 1. The molecule has 124 valence electrons. The molecule has 24 heavy (non-hydrogen) atoms. The predicted octanol–water partition coefficient (Wildman–Crippen LogP) is 4.28. The highest BCUT2D eigenvalue weighted by molar-refractivity contribution is 9.10. The molecular weight excluding hydrogens is 370 g/mol. The van der Waals surface area contributed by atoms with Crippen molar-refractivity contribution in [3.05, 3.63) is 58.0 Å². The number of rotatable bonds is 6. The minimum atomic E-state index is -0.938. The Bertz CT molecular complexity index is 889. The van der Waals surface area contributed by atoms with Gasteiger partial charge in [-0.1, -0.05) is 19.4 Å². The Morgan fingerprint density at radius 1 is 1.33 bits per heavy atom. The number of unbranched alkanes of at least 4 members (excludes halogenated alkanes) is 1. The molecule has 0 aliphatic carbocycles. The normalized spacial score (nSPS) is 11.1. The predicted molar refractivity (Wildman–Crippen MR) is 96.3 cm³/mol. The molecule has 3 aromatic rings. The number of carboxylic acids is 1. The zero-order chi connectivity index (χ0) is 17.1. The molecule has 3 rings (SSSR count). The average molecular weight is 388 g/mol. The summed E-state index contributed by atoms with van der Waals surface area (Å²) in [7, 11) is 0. The first-order chi connectivity index (χ1) is 11.6.